The van der Waals surface area contributed by atoms with Gasteiger partial charge < -0.3 is 47.5 Å². The summed E-state index contributed by atoms with van der Waals surface area (Å²) >= 11 is 0. The number of hydrogen-bond donors (Lipinski definition) is 1. The van der Waals surface area contributed by atoms with Gasteiger partial charge in [-0.1, -0.05) is 63.1 Å². The van der Waals surface area contributed by atoms with Gasteiger partial charge in [-0.3, -0.25) is 14.4 Å². The number of imide groups is 1. The van der Waals surface area contributed by atoms with Crippen LogP contribution in [-0.2, 0) is 23.9 Å². The molecule has 2 heterocycles. The molecule has 2 aliphatic heterocycles. The molecule has 4 atom stereocenters. The lowest BCUT2D eigenvalue weighted by molar-refractivity contribution is -0.170. The van der Waals surface area contributed by atoms with Gasteiger partial charge in [-0.25, -0.2) is 9.59 Å². The molecule has 1 N–H and O–H groups in total. The zero-order valence-corrected chi connectivity index (χ0v) is 37.2. The van der Waals surface area contributed by atoms with Crippen LogP contribution in [0.5, 0.6) is 34.5 Å². The summed E-state index contributed by atoms with van der Waals surface area (Å²) in [7, 11) is 0.155. The van der Waals surface area contributed by atoms with Gasteiger partial charge in [0.2, 0.25) is 18.3 Å². The van der Waals surface area contributed by atoms with Crippen LogP contribution in [0.4, 0.5) is 0 Å². The maximum Gasteiger partial charge on any atom is 0.370 e. The highest BCUT2D eigenvalue weighted by Gasteiger charge is 2.52. The highest BCUT2D eigenvalue weighted by molar-refractivity contribution is 6.74. The molecule has 0 saturated heterocycles. The third-order valence-electron chi connectivity index (χ3n) is 12.1. The average molecular weight is 884 g/mol. The molecule has 0 fully saturated rings. The van der Waals surface area contributed by atoms with E-state index in [9.17, 15) is 29.1 Å². The normalized spacial score (nSPS) is 19.8. The summed E-state index contributed by atoms with van der Waals surface area (Å²) in [4.78, 5) is 72.5. The zero-order valence-electron chi connectivity index (χ0n) is 36.2. The molecule has 0 radical (unpaired) electrons. The van der Waals surface area contributed by atoms with Crippen molar-refractivity contribution >= 4 is 38.0 Å². The molecule has 3 aliphatic rings. The van der Waals surface area contributed by atoms with E-state index in [-0.39, 0.29) is 80.2 Å². The van der Waals surface area contributed by atoms with Gasteiger partial charge in [0.25, 0.3) is 20.1 Å². The minimum atomic E-state index is -2.72. The Morgan fingerprint density at radius 2 is 1.44 bits per heavy atom. The molecule has 0 unspecified atom stereocenters. The van der Waals surface area contributed by atoms with Gasteiger partial charge in [0.1, 0.15) is 11.7 Å². The number of aliphatic hydroxyl groups is 1. The van der Waals surface area contributed by atoms with E-state index in [1.165, 1.54) is 40.2 Å². The maximum atomic E-state index is 14.1. The molecule has 0 spiro atoms. The largest absolute Gasteiger partial charge is 0.541 e. The lowest BCUT2D eigenvalue weighted by Crippen LogP contribution is -2.46. The Morgan fingerprint density at radius 3 is 2.03 bits per heavy atom. The summed E-state index contributed by atoms with van der Waals surface area (Å²) in [5.41, 5.74) is -0.984. The van der Waals surface area contributed by atoms with Crippen LogP contribution < -0.4 is 28.1 Å². The Morgan fingerprint density at radius 1 is 0.825 bits per heavy atom. The minimum absolute atomic E-state index is 0.0262. The van der Waals surface area contributed by atoms with Crippen LogP contribution >= 0.6 is 0 Å². The molecule has 4 aromatic rings. The summed E-state index contributed by atoms with van der Waals surface area (Å²) in [6.07, 6.45) is -2.85. The first-order chi connectivity index (χ1) is 30.1. The van der Waals surface area contributed by atoms with Crippen molar-refractivity contribution in [3.05, 3.63) is 94.5 Å². The monoisotopic (exact) mass is 883 g/mol. The van der Waals surface area contributed by atoms with Crippen LogP contribution in [-0.4, -0.2) is 81.4 Å². The second kappa shape index (κ2) is 17.6. The molecule has 7 rings (SSSR count). The van der Waals surface area contributed by atoms with Crippen molar-refractivity contribution in [2.75, 3.05) is 27.6 Å². The molecule has 0 bridgehead atoms. The highest BCUT2D eigenvalue weighted by Crippen LogP contribution is 2.62. The lowest BCUT2D eigenvalue weighted by Gasteiger charge is -2.44. The van der Waals surface area contributed by atoms with E-state index in [1.54, 1.807) is 61.5 Å². The van der Waals surface area contributed by atoms with Crippen LogP contribution in [0.15, 0.2) is 66.7 Å². The molecule has 17 heteroatoms. The van der Waals surface area contributed by atoms with Crippen molar-refractivity contribution in [1.29, 1.82) is 0 Å². The van der Waals surface area contributed by atoms with Crippen molar-refractivity contribution in [3.8, 4) is 45.6 Å². The predicted octanol–water partition coefficient (Wildman–Crippen LogP) is 7.52. The van der Waals surface area contributed by atoms with Crippen LogP contribution in [0.2, 0.25) is 18.1 Å². The van der Waals surface area contributed by atoms with Crippen LogP contribution in [0, 0.1) is 5.92 Å². The second-order valence-corrected chi connectivity index (χ2v) is 20.2. The molecule has 16 nitrogen and oxygen atoms in total. The smallest absolute Gasteiger partial charge is 0.370 e. The Hall–Kier alpha value is -6.59. The summed E-state index contributed by atoms with van der Waals surface area (Å²) in [6.45, 7) is 9.25. The summed E-state index contributed by atoms with van der Waals surface area (Å²) in [6, 6.07) is 19.4. The maximum absolute atomic E-state index is 14.1. The molecule has 332 valence electrons. The van der Waals surface area contributed by atoms with Gasteiger partial charge in [0.15, 0.2) is 35.7 Å². The first-order valence-electron chi connectivity index (χ1n) is 20.6. The van der Waals surface area contributed by atoms with Gasteiger partial charge in [-0.2, -0.15) is 0 Å². The number of esters is 2. The van der Waals surface area contributed by atoms with Crippen LogP contribution in [0.3, 0.4) is 0 Å². The fourth-order valence-electron chi connectivity index (χ4n) is 8.29. The first kappa shape index (κ1) is 44.5. The number of hydrogen-bond acceptors (Lipinski definition) is 15. The Kier molecular flexibility index (Phi) is 12.5. The Balaban J connectivity index is 1.51. The third kappa shape index (κ3) is 7.90. The number of hydroxylamine groups is 2. The highest BCUT2D eigenvalue weighted by atomic mass is 28.4. The van der Waals surface area contributed by atoms with Crippen LogP contribution in [0.25, 0.3) is 11.1 Å². The number of carbonyl (C=O) groups is 5. The van der Waals surface area contributed by atoms with E-state index < -0.39 is 68.4 Å². The minimum Gasteiger partial charge on any atom is -0.541 e. The number of nitrogens with zero attached hydrogens (tertiary/aromatic N) is 1. The number of carbonyl (C=O) groups excluding carboxylic acids is 5. The van der Waals surface area contributed by atoms with Gasteiger partial charge in [-0.05, 0) is 61.5 Å². The second-order valence-electron chi connectivity index (χ2n) is 15.6. The number of benzene rings is 4. The molecule has 0 aromatic heterocycles. The zero-order chi connectivity index (χ0) is 45.4. The standard InChI is InChI=1S/C46H49NO15Si/c1-9-63(10-2,11-3)62-41-36-31(22-32(54-7)38(41)55-8)42(60-45(52)27-17-13-12-14-18-27)46(6,53)25(4)37(59-26(5)48)30-21-33-39(58-24-57-33)40(35(30)36)56-23-34(49)61-47-43(50)28-19-15-16-20-29(28)44(47)51/h12-22,25,37,42,53H,9-11,23-24H2,1-8H3/t25-,37+,42-,46-/m0/s1. The predicted molar refractivity (Wildman–Crippen MR) is 226 cm³/mol. The summed E-state index contributed by atoms with van der Waals surface area (Å²) in [5.74, 6) is -4.86. The molecular weight excluding hydrogens is 835 g/mol. The Labute approximate surface area is 364 Å². The van der Waals surface area contributed by atoms with E-state index in [0.717, 1.165) is 0 Å². The Bertz CT molecular complexity index is 2420. The number of methoxy groups -OCH3 is 2. The van der Waals surface area contributed by atoms with Gasteiger partial charge in [0, 0.05) is 35.1 Å². The van der Waals surface area contributed by atoms with E-state index in [0.29, 0.717) is 23.2 Å². The molecule has 4 aromatic carbocycles. The number of fused-ring (bicyclic) bond motifs is 5. The number of amides is 2. The van der Waals surface area contributed by atoms with E-state index >= 15 is 0 Å². The molecule has 1 aliphatic carbocycles. The van der Waals surface area contributed by atoms with E-state index in [1.807, 2.05) is 20.8 Å². The topological polar surface area (TPSA) is 192 Å². The van der Waals surface area contributed by atoms with Crippen LogP contribution in [0.1, 0.15) is 96.0 Å². The number of rotatable bonds is 14. The summed E-state index contributed by atoms with van der Waals surface area (Å²) in [5, 5.41) is 13.3. The van der Waals surface area contributed by atoms with Crippen molar-refractivity contribution in [2.24, 2.45) is 5.92 Å². The number of ether oxygens (including phenoxy) is 7. The average Bonchev–Trinajstić information content (AvgIpc) is 3.86. The van der Waals surface area contributed by atoms with Crippen molar-refractivity contribution in [3.63, 3.8) is 0 Å². The fraction of sp³-hybridized carbons (Fsp3) is 0.370. The SMILES string of the molecule is CC[Si](CC)(CC)Oc1c(OC)c(OC)cc2c1-c1c(cc3c(c1OCC(=O)ON1C(=O)c4ccccc4C1=O)OCO3)[C@H](OC(C)=O)[C@H](C)[C@](C)(O)[C@H]2OC(=O)c1ccccc1. The molecule has 2 amide bonds. The van der Waals surface area contributed by atoms with Crippen molar-refractivity contribution in [2.45, 2.75) is 77.5 Å². The van der Waals surface area contributed by atoms with Crippen molar-refractivity contribution in [1.82, 2.24) is 5.06 Å². The van der Waals surface area contributed by atoms with Gasteiger partial charge >= 0.3 is 17.9 Å². The van der Waals surface area contributed by atoms with Gasteiger partial charge in [-0.15, -0.1) is 0 Å². The summed E-state index contributed by atoms with van der Waals surface area (Å²) < 4.78 is 50.0. The first-order valence-corrected chi connectivity index (χ1v) is 23.1. The van der Waals surface area contributed by atoms with Gasteiger partial charge in [0.05, 0.1) is 30.9 Å². The molecular formula is C46H49NO15Si. The quantitative estimate of drug-likeness (QED) is 0.0742. The lowest BCUT2D eigenvalue weighted by atomic mass is 9.71. The molecule has 0 saturated carbocycles. The fourth-order valence-corrected chi connectivity index (χ4v) is 10.9. The van der Waals surface area contributed by atoms with E-state index in [2.05, 4.69) is 0 Å². The van der Waals surface area contributed by atoms with E-state index in [4.69, 9.17) is 42.4 Å². The van der Waals surface area contributed by atoms with Crippen molar-refractivity contribution < 1.29 is 71.5 Å². The third-order valence-corrected chi connectivity index (χ3v) is 16.6. The molecule has 63 heavy (non-hydrogen) atoms.